The number of ketones is 1. The molecule has 0 radical (unpaired) electrons. The van der Waals surface area contributed by atoms with Crippen molar-refractivity contribution in [2.24, 2.45) is 0 Å². The molecule has 2 rings (SSSR count). The van der Waals surface area contributed by atoms with Crippen molar-refractivity contribution in [3.05, 3.63) is 58.9 Å². The molecular formula is C20H22F2O2. The summed E-state index contributed by atoms with van der Waals surface area (Å²) in [6.07, 6.45) is 7.15. The second-order valence-corrected chi connectivity index (χ2v) is 6.25. The Balaban J connectivity index is 1.94. The van der Waals surface area contributed by atoms with Crippen LogP contribution in [0, 0.1) is 11.6 Å². The van der Waals surface area contributed by atoms with Crippen LogP contribution in [0.4, 0.5) is 8.78 Å². The average Bonchev–Trinajstić information content (AvgIpc) is 2.90. The number of hydrogen-bond acceptors (Lipinski definition) is 2. The van der Waals surface area contributed by atoms with Crippen LogP contribution in [-0.2, 0) is 0 Å². The molecule has 0 atom stereocenters. The number of hydrogen-bond donors (Lipinski definition) is 0. The Hall–Kier alpha value is -2.23. The maximum atomic E-state index is 13.2. The largest absolute Gasteiger partial charge is 0.453 e. The number of carbonyl (C=O) groups excluding carboxylic acids is 1. The molecule has 0 aliphatic carbocycles. The number of rotatable bonds is 7. The SMILES string of the molecule is CC(C)=CCC/C(C)=C/CCC(=O)c1cc2cc(F)c(F)cc2o1. The molecule has 0 amide bonds. The molecule has 0 saturated heterocycles. The van der Waals surface area contributed by atoms with Crippen molar-refractivity contribution in [1.29, 1.82) is 0 Å². The van der Waals surface area contributed by atoms with E-state index in [4.69, 9.17) is 4.42 Å². The summed E-state index contributed by atoms with van der Waals surface area (Å²) < 4.78 is 31.7. The molecular weight excluding hydrogens is 310 g/mol. The van der Waals surface area contributed by atoms with Crippen molar-refractivity contribution in [3.63, 3.8) is 0 Å². The van der Waals surface area contributed by atoms with Crippen LogP contribution >= 0.6 is 0 Å². The molecule has 0 spiro atoms. The molecule has 24 heavy (non-hydrogen) atoms. The molecule has 1 heterocycles. The van der Waals surface area contributed by atoms with Gasteiger partial charge in [-0.3, -0.25) is 4.79 Å². The first kappa shape index (κ1) is 18.1. The second kappa shape index (κ2) is 8.04. The van der Waals surface area contributed by atoms with E-state index in [1.165, 1.54) is 17.2 Å². The second-order valence-electron chi connectivity index (χ2n) is 6.25. The fourth-order valence-electron chi connectivity index (χ4n) is 2.44. The number of fused-ring (bicyclic) bond motifs is 1. The molecule has 1 aromatic carbocycles. The Morgan fingerprint density at radius 2 is 1.67 bits per heavy atom. The van der Waals surface area contributed by atoms with E-state index in [0.717, 1.165) is 25.0 Å². The van der Waals surface area contributed by atoms with E-state index in [1.807, 2.05) is 0 Å². The number of furan rings is 1. The van der Waals surface area contributed by atoms with E-state index in [9.17, 15) is 13.6 Å². The molecule has 0 unspecified atom stereocenters. The summed E-state index contributed by atoms with van der Waals surface area (Å²) >= 11 is 0. The predicted molar refractivity (Wildman–Crippen MR) is 92.1 cm³/mol. The molecule has 2 aromatic rings. The molecule has 0 N–H and O–H groups in total. The molecule has 1 aromatic heterocycles. The molecule has 2 nitrogen and oxygen atoms in total. The summed E-state index contributed by atoms with van der Waals surface area (Å²) in [5.74, 6) is -1.95. The lowest BCUT2D eigenvalue weighted by Gasteiger charge is -1.99. The average molecular weight is 332 g/mol. The van der Waals surface area contributed by atoms with Gasteiger partial charge in [-0.2, -0.15) is 0 Å². The Morgan fingerprint density at radius 1 is 1.00 bits per heavy atom. The highest BCUT2D eigenvalue weighted by Crippen LogP contribution is 2.23. The van der Waals surface area contributed by atoms with Crippen molar-refractivity contribution < 1.29 is 18.0 Å². The minimum absolute atomic E-state index is 0.144. The van der Waals surface area contributed by atoms with Gasteiger partial charge in [0.1, 0.15) is 5.58 Å². The van der Waals surface area contributed by atoms with Crippen LogP contribution in [0.3, 0.4) is 0 Å². The fourth-order valence-corrected chi connectivity index (χ4v) is 2.44. The van der Waals surface area contributed by atoms with Gasteiger partial charge in [-0.05, 0) is 52.2 Å². The van der Waals surface area contributed by atoms with Crippen molar-refractivity contribution in [2.45, 2.75) is 46.5 Å². The van der Waals surface area contributed by atoms with Gasteiger partial charge in [-0.1, -0.05) is 23.3 Å². The normalized spacial score (nSPS) is 11.8. The molecule has 0 fully saturated rings. The van der Waals surface area contributed by atoms with E-state index < -0.39 is 11.6 Å². The maximum absolute atomic E-state index is 13.2. The molecule has 0 bridgehead atoms. The summed E-state index contributed by atoms with van der Waals surface area (Å²) in [4.78, 5) is 12.1. The van der Waals surface area contributed by atoms with E-state index in [1.54, 1.807) is 0 Å². The highest BCUT2D eigenvalue weighted by Gasteiger charge is 2.14. The van der Waals surface area contributed by atoms with Gasteiger partial charge < -0.3 is 4.42 Å². The van der Waals surface area contributed by atoms with Gasteiger partial charge in [-0.15, -0.1) is 0 Å². The van der Waals surface area contributed by atoms with E-state index in [-0.39, 0.29) is 17.1 Å². The highest BCUT2D eigenvalue weighted by atomic mass is 19.2. The van der Waals surface area contributed by atoms with E-state index >= 15 is 0 Å². The summed E-state index contributed by atoms with van der Waals surface area (Å²) in [7, 11) is 0. The van der Waals surface area contributed by atoms with Crippen molar-refractivity contribution in [2.75, 3.05) is 0 Å². The first-order chi connectivity index (χ1) is 11.4. The van der Waals surface area contributed by atoms with E-state index in [2.05, 4.69) is 32.9 Å². The molecule has 4 heteroatoms. The Labute approximate surface area is 140 Å². The summed E-state index contributed by atoms with van der Waals surface area (Å²) in [5, 5.41) is 0.394. The lowest BCUT2D eigenvalue weighted by Crippen LogP contribution is -1.95. The monoisotopic (exact) mass is 332 g/mol. The lowest BCUT2D eigenvalue weighted by molar-refractivity contribution is 0.0959. The van der Waals surface area contributed by atoms with Crippen molar-refractivity contribution in [3.8, 4) is 0 Å². The fraction of sp³-hybridized carbons (Fsp3) is 0.350. The minimum Gasteiger partial charge on any atom is -0.453 e. The zero-order chi connectivity index (χ0) is 17.7. The summed E-state index contributed by atoms with van der Waals surface area (Å²) in [6, 6.07) is 3.47. The zero-order valence-electron chi connectivity index (χ0n) is 14.3. The lowest BCUT2D eigenvalue weighted by atomic mass is 10.1. The quantitative estimate of drug-likeness (QED) is 0.436. The Bertz CT molecular complexity index is 754. The third kappa shape index (κ3) is 4.88. The Morgan fingerprint density at radius 3 is 2.38 bits per heavy atom. The number of benzene rings is 1. The number of carbonyl (C=O) groups is 1. The summed E-state index contributed by atoms with van der Waals surface area (Å²) in [5.41, 5.74) is 2.73. The van der Waals surface area contributed by atoms with Crippen LogP contribution in [-0.4, -0.2) is 5.78 Å². The van der Waals surface area contributed by atoms with Gasteiger partial charge in [0.2, 0.25) is 0 Å². The van der Waals surface area contributed by atoms with Gasteiger partial charge in [0, 0.05) is 17.9 Å². The molecule has 0 aliphatic rings. The third-order valence-electron chi connectivity index (χ3n) is 3.79. The predicted octanol–water partition coefficient (Wildman–Crippen LogP) is 6.37. The topological polar surface area (TPSA) is 30.2 Å². The number of Topliss-reactive ketones (excluding diaryl/α,β-unsaturated/α-hetero) is 1. The van der Waals surface area contributed by atoms with Gasteiger partial charge in [0.15, 0.2) is 23.2 Å². The van der Waals surface area contributed by atoms with Gasteiger partial charge >= 0.3 is 0 Å². The van der Waals surface area contributed by atoms with E-state index in [0.29, 0.717) is 18.2 Å². The van der Waals surface area contributed by atoms with Crippen molar-refractivity contribution >= 4 is 16.8 Å². The van der Waals surface area contributed by atoms with Gasteiger partial charge in [0.25, 0.3) is 0 Å². The third-order valence-corrected chi connectivity index (χ3v) is 3.79. The molecule has 0 saturated carbocycles. The van der Waals surface area contributed by atoms with Crippen molar-refractivity contribution in [1.82, 2.24) is 0 Å². The van der Waals surface area contributed by atoms with Crippen LogP contribution in [0.5, 0.6) is 0 Å². The van der Waals surface area contributed by atoms with Gasteiger partial charge in [-0.25, -0.2) is 8.78 Å². The first-order valence-corrected chi connectivity index (χ1v) is 8.07. The molecule has 0 aliphatic heterocycles. The van der Waals surface area contributed by atoms with Crippen LogP contribution < -0.4 is 0 Å². The Kier molecular flexibility index (Phi) is 6.07. The van der Waals surface area contributed by atoms with Crippen LogP contribution in [0.25, 0.3) is 11.0 Å². The standard InChI is InChI=1S/C20H22F2O2/c1-13(2)6-4-7-14(3)8-5-9-18(23)20-11-15-10-16(21)17(22)12-19(15)24-20/h6,8,10-12H,4-5,7,9H2,1-3H3/b14-8+. The minimum atomic E-state index is -0.981. The zero-order valence-corrected chi connectivity index (χ0v) is 14.3. The first-order valence-electron chi connectivity index (χ1n) is 8.07. The highest BCUT2D eigenvalue weighted by molar-refractivity contribution is 5.97. The molecule has 128 valence electrons. The van der Waals surface area contributed by atoms with Gasteiger partial charge in [0.05, 0.1) is 0 Å². The smallest absolute Gasteiger partial charge is 0.198 e. The maximum Gasteiger partial charge on any atom is 0.198 e. The summed E-state index contributed by atoms with van der Waals surface area (Å²) in [6.45, 7) is 6.20. The number of allylic oxidation sites excluding steroid dienone is 4. The number of halogens is 2. The van der Waals surface area contributed by atoms with Crippen LogP contribution in [0.15, 0.2) is 45.9 Å². The van der Waals surface area contributed by atoms with Crippen LogP contribution in [0.2, 0.25) is 0 Å². The van der Waals surface area contributed by atoms with Crippen LogP contribution in [0.1, 0.15) is 57.0 Å².